The van der Waals surface area contributed by atoms with Crippen LogP contribution >= 0.6 is 11.3 Å². The van der Waals surface area contributed by atoms with Gasteiger partial charge in [0.25, 0.3) is 0 Å². The second kappa shape index (κ2) is 6.59. The van der Waals surface area contributed by atoms with E-state index in [2.05, 4.69) is 19.8 Å². The van der Waals surface area contributed by atoms with Gasteiger partial charge in [-0.2, -0.15) is 23.3 Å². The minimum absolute atomic E-state index is 0.0919. The molecule has 3 heterocycles. The van der Waals surface area contributed by atoms with Gasteiger partial charge in [-0.25, -0.2) is 0 Å². The van der Waals surface area contributed by atoms with Gasteiger partial charge in [-0.3, -0.25) is 9.48 Å². The van der Waals surface area contributed by atoms with Gasteiger partial charge in [-0.15, -0.1) is 11.3 Å². The van der Waals surface area contributed by atoms with Gasteiger partial charge < -0.3 is 4.52 Å². The number of hydrogen-bond acceptors (Lipinski definition) is 6. The lowest BCUT2D eigenvalue weighted by molar-refractivity contribution is -0.159. The molecule has 0 spiro atoms. The van der Waals surface area contributed by atoms with E-state index in [9.17, 15) is 18.0 Å². The average Bonchev–Trinajstić information content (AvgIpc) is 3.09. The van der Waals surface area contributed by atoms with Crippen molar-refractivity contribution in [2.24, 2.45) is 5.92 Å². The van der Waals surface area contributed by atoms with Gasteiger partial charge in [0.1, 0.15) is 0 Å². The number of alkyl halides is 3. The molecule has 27 heavy (non-hydrogen) atoms. The van der Waals surface area contributed by atoms with Crippen LogP contribution in [0.5, 0.6) is 0 Å². The van der Waals surface area contributed by atoms with Crippen molar-refractivity contribution < 1.29 is 22.5 Å². The fraction of sp³-hybridized carbons (Fsp3) is 0.412. The van der Waals surface area contributed by atoms with Gasteiger partial charge >= 0.3 is 12.1 Å². The summed E-state index contributed by atoms with van der Waals surface area (Å²) in [5, 5.41) is 7.66. The Balaban J connectivity index is 1.50. The molecule has 1 aliphatic rings. The van der Waals surface area contributed by atoms with Crippen molar-refractivity contribution >= 4 is 17.1 Å². The number of ketones is 1. The van der Waals surface area contributed by atoms with E-state index in [-0.39, 0.29) is 17.6 Å². The van der Waals surface area contributed by atoms with Gasteiger partial charge in [0, 0.05) is 17.5 Å². The SMILES string of the molecule is CC(c1ccc(-c2noc(C(F)(F)F)n2)s1)n1cc(C(=O)CC2CC2)cn1. The van der Waals surface area contributed by atoms with Gasteiger partial charge in [0.2, 0.25) is 5.82 Å². The van der Waals surface area contributed by atoms with Crippen LogP contribution in [0.25, 0.3) is 10.7 Å². The van der Waals surface area contributed by atoms with Gasteiger partial charge in [-0.1, -0.05) is 5.16 Å². The van der Waals surface area contributed by atoms with E-state index in [4.69, 9.17) is 0 Å². The smallest absolute Gasteiger partial charge is 0.329 e. The molecule has 1 atom stereocenters. The van der Waals surface area contributed by atoms with Crippen molar-refractivity contribution in [3.8, 4) is 10.7 Å². The number of rotatable bonds is 6. The third-order valence-corrected chi connectivity index (χ3v) is 5.67. The largest absolute Gasteiger partial charge is 0.471 e. The Morgan fingerprint density at radius 3 is 2.85 bits per heavy atom. The lowest BCUT2D eigenvalue weighted by Gasteiger charge is -2.09. The van der Waals surface area contributed by atoms with Gasteiger partial charge in [-0.05, 0) is 37.8 Å². The second-order valence-electron chi connectivity index (χ2n) is 6.58. The van der Waals surface area contributed by atoms with Crippen LogP contribution in [0, 0.1) is 5.92 Å². The van der Waals surface area contributed by atoms with Crippen LogP contribution in [0.15, 0.2) is 29.0 Å². The number of nitrogens with zero attached hydrogens (tertiary/aromatic N) is 4. The van der Waals surface area contributed by atoms with E-state index >= 15 is 0 Å². The molecule has 4 rings (SSSR count). The van der Waals surface area contributed by atoms with Crippen LogP contribution in [0.4, 0.5) is 13.2 Å². The van der Waals surface area contributed by atoms with Crippen LogP contribution in [-0.4, -0.2) is 25.7 Å². The Hall–Kier alpha value is -2.49. The number of thiophene rings is 1. The summed E-state index contributed by atoms with van der Waals surface area (Å²) < 4.78 is 43.7. The first-order valence-corrected chi connectivity index (χ1v) is 9.21. The topological polar surface area (TPSA) is 73.8 Å². The molecule has 0 saturated heterocycles. The quantitative estimate of drug-likeness (QED) is 0.569. The number of hydrogen-bond donors (Lipinski definition) is 0. The van der Waals surface area contributed by atoms with Crippen LogP contribution in [0.1, 0.15) is 53.4 Å². The molecule has 0 aromatic carbocycles. The van der Waals surface area contributed by atoms with Crippen LogP contribution in [-0.2, 0) is 6.18 Å². The number of Topliss-reactive ketones (excluding diaryl/α,β-unsaturated/α-hetero) is 1. The first-order valence-electron chi connectivity index (χ1n) is 8.39. The highest BCUT2D eigenvalue weighted by Crippen LogP contribution is 2.35. The van der Waals surface area contributed by atoms with E-state index in [1.54, 1.807) is 29.2 Å². The van der Waals surface area contributed by atoms with Crippen molar-refractivity contribution in [1.82, 2.24) is 19.9 Å². The molecule has 142 valence electrons. The molecule has 0 aliphatic heterocycles. The van der Waals surface area contributed by atoms with Gasteiger partial charge in [0.05, 0.1) is 22.7 Å². The van der Waals surface area contributed by atoms with Crippen molar-refractivity contribution in [2.45, 2.75) is 38.4 Å². The van der Waals surface area contributed by atoms with Gasteiger partial charge in [0.15, 0.2) is 5.78 Å². The average molecular weight is 396 g/mol. The van der Waals surface area contributed by atoms with E-state index in [0.29, 0.717) is 22.8 Å². The molecule has 3 aromatic rings. The highest BCUT2D eigenvalue weighted by Gasteiger charge is 2.38. The molecule has 0 amide bonds. The number of carbonyl (C=O) groups is 1. The summed E-state index contributed by atoms with van der Waals surface area (Å²) >= 11 is 1.25. The number of halogens is 3. The van der Waals surface area contributed by atoms with Crippen molar-refractivity contribution in [3.63, 3.8) is 0 Å². The molecular formula is C17H15F3N4O2S. The Kier molecular flexibility index (Phi) is 4.37. The summed E-state index contributed by atoms with van der Waals surface area (Å²) in [6.45, 7) is 1.90. The minimum atomic E-state index is -4.67. The molecule has 0 bridgehead atoms. The molecule has 0 N–H and O–H groups in total. The maximum Gasteiger partial charge on any atom is 0.471 e. The van der Waals surface area contributed by atoms with E-state index in [0.717, 1.165) is 17.7 Å². The van der Waals surface area contributed by atoms with Crippen LogP contribution in [0.2, 0.25) is 0 Å². The van der Waals surface area contributed by atoms with Crippen LogP contribution in [0.3, 0.4) is 0 Å². The Morgan fingerprint density at radius 1 is 1.41 bits per heavy atom. The van der Waals surface area contributed by atoms with E-state index in [1.165, 1.54) is 11.3 Å². The molecular weight excluding hydrogens is 381 g/mol. The molecule has 0 radical (unpaired) electrons. The van der Waals surface area contributed by atoms with Crippen molar-refractivity contribution in [1.29, 1.82) is 0 Å². The number of aromatic nitrogens is 4. The summed E-state index contributed by atoms with van der Waals surface area (Å²) in [6, 6.07) is 3.24. The summed E-state index contributed by atoms with van der Waals surface area (Å²) in [5.74, 6) is -0.873. The maximum atomic E-state index is 12.6. The third kappa shape index (κ3) is 3.80. The fourth-order valence-electron chi connectivity index (χ4n) is 2.66. The second-order valence-corrected chi connectivity index (χ2v) is 7.69. The molecule has 10 heteroatoms. The zero-order chi connectivity index (χ0) is 19.2. The Labute approximate surface area is 156 Å². The maximum absolute atomic E-state index is 12.6. The van der Waals surface area contributed by atoms with Crippen LogP contribution < -0.4 is 0 Å². The Morgan fingerprint density at radius 2 is 2.19 bits per heavy atom. The summed E-state index contributed by atoms with van der Waals surface area (Å²) in [5.41, 5.74) is 0.582. The molecule has 1 unspecified atom stereocenters. The predicted molar refractivity (Wildman–Crippen MR) is 90.3 cm³/mol. The summed E-state index contributed by atoms with van der Waals surface area (Å²) in [6.07, 6.45) is 1.38. The predicted octanol–water partition coefficient (Wildman–Crippen LogP) is 4.61. The highest BCUT2D eigenvalue weighted by atomic mass is 32.1. The molecule has 1 saturated carbocycles. The third-order valence-electron chi connectivity index (χ3n) is 4.42. The fourth-order valence-corrected chi connectivity index (χ4v) is 3.64. The first kappa shape index (κ1) is 17.9. The Bertz CT molecular complexity index is 971. The molecule has 3 aromatic heterocycles. The monoisotopic (exact) mass is 396 g/mol. The van der Waals surface area contributed by atoms with E-state index < -0.39 is 12.1 Å². The lowest BCUT2D eigenvalue weighted by atomic mass is 10.1. The summed E-state index contributed by atoms with van der Waals surface area (Å²) in [7, 11) is 0. The molecule has 6 nitrogen and oxygen atoms in total. The number of carbonyl (C=O) groups excluding carboxylic acids is 1. The summed E-state index contributed by atoms with van der Waals surface area (Å²) in [4.78, 5) is 16.9. The first-order chi connectivity index (χ1) is 12.8. The zero-order valence-corrected chi connectivity index (χ0v) is 15.0. The molecule has 1 aliphatic carbocycles. The van der Waals surface area contributed by atoms with E-state index in [1.807, 2.05) is 6.92 Å². The zero-order valence-electron chi connectivity index (χ0n) is 14.2. The minimum Gasteiger partial charge on any atom is -0.329 e. The standard InChI is InChI=1S/C17H15F3N4O2S/c1-9(24-8-11(7-21-24)12(25)6-10-2-3-10)13-4-5-14(27-13)15-22-16(26-23-15)17(18,19)20/h4-5,7-10H,2-3,6H2,1H3. The highest BCUT2D eigenvalue weighted by molar-refractivity contribution is 7.15. The molecule has 1 fully saturated rings. The normalized spacial score (nSPS) is 15.9. The van der Waals surface area contributed by atoms with Crippen molar-refractivity contribution in [3.05, 3.63) is 40.9 Å². The lowest BCUT2D eigenvalue weighted by Crippen LogP contribution is -2.05. The van der Waals surface area contributed by atoms with Crippen molar-refractivity contribution in [2.75, 3.05) is 0 Å².